The summed E-state index contributed by atoms with van der Waals surface area (Å²) in [5, 5.41) is 9.61. The Labute approximate surface area is 89.0 Å². The zero-order chi connectivity index (χ0) is 10.7. The predicted octanol–water partition coefficient (Wildman–Crippen LogP) is 2.57. The molecule has 2 nitrogen and oxygen atoms in total. The molecular weight excluding hydrogens is 186 g/mol. The van der Waals surface area contributed by atoms with Gasteiger partial charge in [-0.15, -0.1) is 0 Å². The highest BCUT2D eigenvalue weighted by Gasteiger charge is 2.01. The SMILES string of the molecule is Nc1cccc(Cc2ccccc2O)c1. The maximum absolute atomic E-state index is 9.61. The molecule has 3 N–H and O–H groups in total. The number of para-hydroxylation sites is 1. The lowest BCUT2D eigenvalue weighted by molar-refractivity contribution is 0.469. The fourth-order valence-electron chi connectivity index (χ4n) is 1.58. The van der Waals surface area contributed by atoms with E-state index in [1.807, 2.05) is 42.5 Å². The third-order valence-electron chi connectivity index (χ3n) is 2.34. The molecule has 0 aliphatic heterocycles. The van der Waals surface area contributed by atoms with Gasteiger partial charge in [-0.3, -0.25) is 0 Å². The molecule has 0 bridgehead atoms. The first-order chi connectivity index (χ1) is 7.25. The van der Waals surface area contributed by atoms with Gasteiger partial charge in [-0.25, -0.2) is 0 Å². The van der Waals surface area contributed by atoms with Crippen LogP contribution in [0.4, 0.5) is 5.69 Å². The number of benzene rings is 2. The van der Waals surface area contributed by atoms with Crippen LogP contribution in [0.1, 0.15) is 11.1 Å². The molecule has 0 saturated carbocycles. The number of phenolic OH excluding ortho intramolecular Hbond substituents is 1. The molecular formula is C13H13NO. The van der Waals surface area contributed by atoms with Gasteiger partial charge in [-0.1, -0.05) is 30.3 Å². The van der Waals surface area contributed by atoms with Crippen molar-refractivity contribution in [2.45, 2.75) is 6.42 Å². The zero-order valence-electron chi connectivity index (χ0n) is 8.35. The predicted molar refractivity (Wildman–Crippen MR) is 61.8 cm³/mol. The molecule has 0 fully saturated rings. The molecule has 0 unspecified atom stereocenters. The summed E-state index contributed by atoms with van der Waals surface area (Å²) in [5.74, 6) is 0.333. The highest BCUT2D eigenvalue weighted by molar-refractivity contribution is 5.44. The summed E-state index contributed by atoms with van der Waals surface area (Å²) in [4.78, 5) is 0. The molecule has 15 heavy (non-hydrogen) atoms. The third kappa shape index (κ3) is 2.29. The minimum atomic E-state index is 0.333. The lowest BCUT2D eigenvalue weighted by Crippen LogP contribution is -1.91. The lowest BCUT2D eigenvalue weighted by atomic mass is 10.0. The standard InChI is InChI=1S/C13H13NO/c14-12-6-3-4-10(9-12)8-11-5-1-2-7-13(11)15/h1-7,9,15H,8,14H2. The maximum Gasteiger partial charge on any atom is 0.119 e. The molecule has 2 aromatic carbocycles. The normalized spacial score (nSPS) is 10.1. The van der Waals surface area contributed by atoms with Crippen LogP contribution < -0.4 is 5.73 Å². The number of nitrogen functional groups attached to an aromatic ring is 1. The monoisotopic (exact) mass is 199 g/mol. The van der Waals surface area contributed by atoms with E-state index in [4.69, 9.17) is 5.73 Å². The van der Waals surface area contributed by atoms with E-state index in [1.165, 1.54) is 0 Å². The third-order valence-corrected chi connectivity index (χ3v) is 2.34. The molecule has 0 heterocycles. The first-order valence-electron chi connectivity index (χ1n) is 4.87. The van der Waals surface area contributed by atoms with Crippen molar-refractivity contribution in [1.82, 2.24) is 0 Å². The average Bonchev–Trinajstić information content (AvgIpc) is 2.22. The first-order valence-corrected chi connectivity index (χ1v) is 4.87. The van der Waals surface area contributed by atoms with Crippen molar-refractivity contribution in [2.75, 3.05) is 5.73 Å². The van der Waals surface area contributed by atoms with Crippen LogP contribution in [0.5, 0.6) is 5.75 Å². The molecule has 2 aromatic rings. The van der Waals surface area contributed by atoms with E-state index >= 15 is 0 Å². The number of rotatable bonds is 2. The maximum atomic E-state index is 9.61. The van der Waals surface area contributed by atoms with Gasteiger partial charge in [0, 0.05) is 12.1 Å². The van der Waals surface area contributed by atoms with Gasteiger partial charge in [-0.2, -0.15) is 0 Å². The van der Waals surface area contributed by atoms with Crippen LogP contribution in [0.25, 0.3) is 0 Å². The lowest BCUT2D eigenvalue weighted by Gasteiger charge is -2.04. The van der Waals surface area contributed by atoms with Crippen molar-refractivity contribution in [3.05, 3.63) is 59.7 Å². The second kappa shape index (κ2) is 4.05. The topological polar surface area (TPSA) is 46.2 Å². The number of hydrogen-bond acceptors (Lipinski definition) is 2. The summed E-state index contributed by atoms with van der Waals surface area (Å²) in [5.41, 5.74) is 8.47. The van der Waals surface area contributed by atoms with Crippen molar-refractivity contribution in [3.63, 3.8) is 0 Å². The molecule has 2 rings (SSSR count). The van der Waals surface area contributed by atoms with Gasteiger partial charge in [0.05, 0.1) is 0 Å². The zero-order valence-corrected chi connectivity index (χ0v) is 8.35. The Morgan fingerprint density at radius 1 is 1.00 bits per heavy atom. The molecule has 0 aliphatic rings. The van der Waals surface area contributed by atoms with E-state index in [1.54, 1.807) is 6.07 Å². The molecule has 0 radical (unpaired) electrons. The second-order valence-corrected chi connectivity index (χ2v) is 3.55. The van der Waals surface area contributed by atoms with E-state index in [9.17, 15) is 5.11 Å². The van der Waals surface area contributed by atoms with Gasteiger partial charge in [0.2, 0.25) is 0 Å². The van der Waals surface area contributed by atoms with Crippen molar-refractivity contribution >= 4 is 5.69 Å². The van der Waals surface area contributed by atoms with Gasteiger partial charge in [0.25, 0.3) is 0 Å². The minimum absolute atomic E-state index is 0.333. The Morgan fingerprint density at radius 2 is 1.80 bits per heavy atom. The minimum Gasteiger partial charge on any atom is -0.508 e. The molecule has 2 heteroatoms. The second-order valence-electron chi connectivity index (χ2n) is 3.55. The van der Waals surface area contributed by atoms with Gasteiger partial charge >= 0.3 is 0 Å². The van der Waals surface area contributed by atoms with Crippen molar-refractivity contribution in [1.29, 1.82) is 0 Å². The highest BCUT2D eigenvalue weighted by Crippen LogP contribution is 2.20. The van der Waals surface area contributed by atoms with Crippen molar-refractivity contribution < 1.29 is 5.11 Å². The average molecular weight is 199 g/mol. The molecule has 76 valence electrons. The molecule has 0 spiro atoms. The molecule has 0 aliphatic carbocycles. The van der Waals surface area contributed by atoms with Crippen LogP contribution in [-0.2, 0) is 6.42 Å². The number of aromatic hydroxyl groups is 1. The van der Waals surface area contributed by atoms with Crippen molar-refractivity contribution in [2.24, 2.45) is 0 Å². The van der Waals surface area contributed by atoms with Crippen LogP contribution in [0.15, 0.2) is 48.5 Å². The van der Waals surface area contributed by atoms with Crippen LogP contribution in [-0.4, -0.2) is 5.11 Å². The van der Waals surface area contributed by atoms with Gasteiger partial charge < -0.3 is 10.8 Å². The van der Waals surface area contributed by atoms with Gasteiger partial charge in [0.15, 0.2) is 0 Å². The van der Waals surface area contributed by atoms with E-state index in [0.29, 0.717) is 12.2 Å². The Hall–Kier alpha value is -1.96. The number of hydrogen-bond donors (Lipinski definition) is 2. The number of anilines is 1. The van der Waals surface area contributed by atoms with E-state index < -0.39 is 0 Å². The molecule has 0 atom stereocenters. The number of phenols is 1. The van der Waals surface area contributed by atoms with E-state index in [2.05, 4.69) is 0 Å². The summed E-state index contributed by atoms with van der Waals surface area (Å²) in [6.07, 6.45) is 0.706. The van der Waals surface area contributed by atoms with Crippen molar-refractivity contribution in [3.8, 4) is 5.75 Å². The summed E-state index contributed by atoms with van der Waals surface area (Å²) in [6.45, 7) is 0. The molecule has 0 aromatic heterocycles. The summed E-state index contributed by atoms with van der Waals surface area (Å²) in [6, 6.07) is 15.0. The fraction of sp³-hybridized carbons (Fsp3) is 0.0769. The van der Waals surface area contributed by atoms with Crippen LogP contribution >= 0.6 is 0 Å². The quantitative estimate of drug-likeness (QED) is 0.730. The number of nitrogens with two attached hydrogens (primary N) is 1. The Bertz CT molecular complexity index is 466. The highest BCUT2D eigenvalue weighted by atomic mass is 16.3. The first kappa shape index (κ1) is 9.59. The Balaban J connectivity index is 2.26. The molecule has 0 amide bonds. The summed E-state index contributed by atoms with van der Waals surface area (Å²) in [7, 11) is 0. The van der Waals surface area contributed by atoms with Crippen LogP contribution in [0, 0.1) is 0 Å². The summed E-state index contributed by atoms with van der Waals surface area (Å²) >= 11 is 0. The largest absolute Gasteiger partial charge is 0.508 e. The van der Waals surface area contributed by atoms with E-state index in [-0.39, 0.29) is 0 Å². The Morgan fingerprint density at radius 3 is 2.53 bits per heavy atom. The molecule has 0 saturated heterocycles. The van der Waals surface area contributed by atoms with Crippen LogP contribution in [0.2, 0.25) is 0 Å². The Kier molecular flexibility index (Phi) is 2.59. The smallest absolute Gasteiger partial charge is 0.119 e. The fourth-order valence-corrected chi connectivity index (χ4v) is 1.58. The van der Waals surface area contributed by atoms with Gasteiger partial charge in [-0.05, 0) is 29.3 Å². The van der Waals surface area contributed by atoms with Crippen LogP contribution in [0.3, 0.4) is 0 Å². The summed E-state index contributed by atoms with van der Waals surface area (Å²) < 4.78 is 0. The van der Waals surface area contributed by atoms with Gasteiger partial charge in [0.1, 0.15) is 5.75 Å². The van der Waals surface area contributed by atoms with E-state index in [0.717, 1.165) is 16.8 Å².